The molecule has 0 spiro atoms. The first kappa shape index (κ1) is 18.4. The smallest absolute Gasteiger partial charge is 0.269 e. The van der Waals surface area contributed by atoms with Crippen molar-refractivity contribution in [2.45, 2.75) is 36.8 Å². The van der Waals surface area contributed by atoms with Crippen molar-refractivity contribution in [2.24, 2.45) is 0 Å². The van der Waals surface area contributed by atoms with E-state index in [1.807, 2.05) is 13.0 Å². The second-order valence-electron chi connectivity index (χ2n) is 6.36. The third-order valence-electron chi connectivity index (χ3n) is 4.36. The molecule has 1 atom stereocenters. The lowest BCUT2D eigenvalue weighted by molar-refractivity contribution is -0.384. The van der Waals surface area contributed by atoms with Gasteiger partial charge < -0.3 is 4.90 Å². The fraction of sp³-hybridized carbons (Fsp3) is 0.316. The first-order valence-electron chi connectivity index (χ1n) is 8.38. The number of halogens is 1. The fourth-order valence-corrected chi connectivity index (χ4v) is 4.11. The molecule has 2 aromatic rings. The Hall–Kier alpha value is -2.41. The average molecular weight is 374 g/mol. The number of nitro groups is 1. The van der Waals surface area contributed by atoms with Crippen LogP contribution in [0.25, 0.3) is 0 Å². The zero-order valence-corrected chi connectivity index (χ0v) is 15.4. The van der Waals surface area contributed by atoms with Crippen molar-refractivity contribution in [3.8, 4) is 0 Å². The maximum Gasteiger partial charge on any atom is 0.269 e. The minimum absolute atomic E-state index is 0.00993. The van der Waals surface area contributed by atoms with Gasteiger partial charge in [0.2, 0.25) is 5.91 Å². The molecule has 1 heterocycles. The number of rotatable bonds is 4. The van der Waals surface area contributed by atoms with Gasteiger partial charge in [0.25, 0.3) is 5.69 Å². The van der Waals surface area contributed by atoms with Gasteiger partial charge in [0.1, 0.15) is 5.82 Å². The zero-order valence-electron chi connectivity index (χ0n) is 14.6. The van der Waals surface area contributed by atoms with Crippen molar-refractivity contribution in [3.63, 3.8) is 0 Å². The van der Waals surface area contributed by atoms with E-state index in [0.29, 0.717) is 12.2 Å². The number of hydrogen-bond acceptors (Lipinski definition) is 4. The minimum atomic E-state index is -0.460. The molecule has 0 saturated heterocycles. The van der Waals surface area contributed by atoms with E-state index in [-0.39, 0.29) is 17.4 Å². The first-order valence-corrected chi connectivity index (χ1v) is 9.26. The van der Waals surface area contributed by atoms with Gasteiger partial charge in [-0.1, -0.05) is 6.07 Å². The van der Waals surface area contributed by atoms with E-state index in [4.69, 9.17) is 0 Å². The number of non-ortho nitro benzene ring substituents is 1. The summed E-state index contributed by atoms with van der Waals surface area (Å²) in [6.45, 7) is 4.11. The maximum atomic E-state index is 14.5. The van der Waals surface area contributed by atoms with Crippen LogP contribution in [0, 0.1) is 22.9 Å². The second-order valence-corrected chi connectivity index (χ2v) is 7.77. The highest BCUT2D eigenvalue weighted by atomic mass is 32.2. The quantitative estimate of drug-likeness (QED) is 0.449. The summed E-state index contributed by atoms with van der Waals surface area (Å²) in [5, 5.41) is 10.3. The van der Waals surface area contributed by atoms with Crippen LogP contribution >= 0.6 is 11.8 Å². The Morgan fingerprint density at radius 2 is 2.00 bits per heavy atom. The number of amides is 1. The molecule has 7 heteroatoms. The molecule has 0 radical (unpaired) electrons. The highest BCUT2D eigenvalue weighted by Gasteiger charge is 2.29. The lowest BCUT2D eigenvalue weighted by Gasteiger charge is -2.32. The van der Waals surface area contributed by atoms with Gasteiger partial charge in [-0.15, -0.1) is 11.8 Å². The van der Waals surface area contributed by atoms with E-state index in [0.717, 1.165) is 28.9 Å². The van der Waals surface area contributed by atoms with E-state index in [1.165, 1.54) is 34.9 Å². The highest BCUT2D eigenvalue weighted by molar-refractivity contribution is 8.00. The lowest BCUT2D eigenvalue weighted by Crippen LogP contribution is -2.40. The molecule has 3 rings (SSSR count). The number of nitro benzene ring substituents is 1. The largest absolute Gasteiger partial charge is 0.308 e. The topological polar surface area (TPSA) is 63.5 Å². The molecule has 0 saturated carbocycles. The molecule has 0 aliphatic carbocycles. The number of anilines is 1. The van der Waals surface area contributed by atoms with Gasteiger partial charge in [-0.25, -0.2) is 4.39 Å². The van der Waals surface area contributed by atoms with E-state index >= 15 is 0 Å². The molecule has 0 aromatic heterocycles. The molecule has 1 unspecified atom stereocenters. The Kier molecular flexibility index (Phi) is 5.27. The number of hydrogen-bond donors (Lipinski definition) is 0. The Morgan fingerprint density at radius 1 is 1.31 bits per heavy atom. The molecular formula is C19H19FN2O3S. The van der Waals surface area contributed by atoms with Crippen molar-refractivity contribution in [1.29, 1.82) is 0 Å². The van der Waals surface area contributed by atoms with Crippen LogP contribution in [0.15, 0.2) is 41.3 Å². The molecule has 26 heavy (non-hydrogen) atoms. The highest BCUT2D eigenvalue weighted by Crippen LogP contribution is 2.34. The van der Waals surface area contributed by atoms with E-state index in [1.54, 1.807) is 19.1 Å². The molecule has 0 fully saturated rings. The van der Waals surface area contributed by atoms with Gasteiger partial charge in [-0.05, 0) is 56.0 Å². The molecular weight excluding hydrogens is 355 g/mol. The predicted molar refractivity (Wildman–Crippen MR) is 100 cm³/mol. The summed E-state index contributed by atoms with van der Waals surface area (Å²) < 4.78 is 14.5. The Morgan fingerprint density at radius 3 is 2.65 bits per heavy atom. The van der Waals surface area contributed by atoms with Gasteiger partial charge in [-0.3, -0.25) is 14.9 Å². The van der Waals surface area contributed by atoms with Crippen molar-refractivity contribution in [2.75, 3.05) is 11.4 Å². The second kappa shape index (κ2) is 7.45. The Labute approximate surface area is 155 Å². The SMILES string of the molecule is Cc1cc(F)c2c(c1)CCCN2C(=O)C(C)Sc1ccc([N+](=O)[O-])cc1. The minimum Gasteiger partial charge on any atom is -0.308 e. The summed E-state index contributed by atoms with van der Waals surface area (Å²) in [5.41, 5.74) is 2.12. The molecule has 5 nitrogen and oxygen atoms in total. The predicted octanol–water partition coefficient (Wildman–Crippen LogP) is 4.50. The van der Waals surface area contributed by atoms with Crippen LogP contribution in [0.5, 0.6) is 0 Å². The summed E-state index contributed by atoms with van der Waals surface area (Å²) in [7, 11) is 0. The number of aryl methyl sites for hydroxylation is 2. The third-order valence-corrected chi connectivity index (χ3v) is 5.46. The standard InChI is InChI=1S/C19H19FN2O3S/c1-12-10-14-4-3-9-21(18(14)17(20)11-12)19(23)13(2)26-16-7-5-15(6-8-16)22(24)25/h5-8,10-11,13H,3-4,9H2,1-2H3. The van der Waals surface area contributed by atoms with Crippen LogP contribution in [0.2, 0.25) is 0 Å². The number of benzene rings is 2. The molecule has 1 aliphatic rings. The van der Waals surface area contributed by atoms with Crippen LogP contribution in [0.4, 0.5) is 15.8 Å². The monoisotopic (exact) mass is 374 g/mol. The van der Waals surface area contributed by atoms with Crippen molar-refractivity contribution >= 4 is 29.0 Å². The van der Waals surface area contributed by atoms with Crippen molar-refractivity contribution in [1.82, 2.24) is 0 Å². The van der Waals surface area contributed by atoms with Crippen molar-refractivity contribution in [3.05, 3.63) is 63.5 Å². The first-order chi connectivity index (χ1) is 12.4. The number of carbonyl (C=O) groups is 1. The Bertz CT molecular complexity index is 855. The summed E-state index contributed by atoms with van der Waals surface area (Å²) in [6, 6.07) is 9.47. The van der Waals surface area contributed by atoms with Crippen LogP contribution in [-0.4, -0.2) is 22.6 Å². The van der Waals surface area contributed by atoms with E-state index in [9.17, 15) is 19.3 Å². The number of nitrogens with zero attached hydrogens (tertiary/aromatic N) is 2. The van der Waals surface area contributed by atoms with Gasteiger partial charge >= 0.3 is 0 Å². The van der Waals surface area contributed by atoms with Crippen LogP contribution in [-0.2, 0) is 11.2 Å². The molecule has 0 N–H and O–H groups in total. The van der Waals surface area contributed by atoms with E-state index in [2.05, 4.69) is 0 Å². The number of fused-ring (bicyclic) bond motifs is 1. The summed E-state index contributed by atoms with van der Waals surface area (Å²) in [4.78, 5) is 25.5. The number of thioether (sulfide) groups is 1. The van der Waals surface area contributed by atoms with Gasteiger partial charge in [-0.2, -0.15) is 0 Å². The van der Waals surface area contributed by atoms with E-state index < -0.39 is 10.2 Å². The van der Waals surface area contributed by atoms with Crippen LogP contribution in [0.3, 0.4) is 0 Å². The molecule has 1 amide bonds. The summed E-state index contributed by atoms with van der Waals surface area (Å²) in [5.74, 6) is -0.516. The van der Waals surface area contributed by atoms with Crippen LogP contribution < -0.4 is 4.90 Å². The number of carbonyl (C=O) groups excluding carboxylic acids is 1. The van der Waals surface area contributed by atoms with Gasteiger partial charge in [0.05, 0.1) is 15.9 Å². The molecule has 1 aliphatic heterocycles. The zero-order chi connectivity index (χ0) is 18.8. The molecule has 2 aromatic carbocycles. The third kappa shape index (κ3) is 3.72. The van der Waals surface area contributed by atoms with Gasteiger partial charge in [0, 0.05) is 23.6 Å². The lowest BCUT2D eigenvalue weighted by atomic mass is 9.99. The maximum absolute atomic E-state index is 14.5. The van der Waals surface area contributed by atoms with Gasteiger partial charge in [0.15, 0.2) is 0 Å². The normalized spacial score (nSPS) is 14.7. The fourth-order valence-electron chi connectivity index (χ4n) is 3.18. The average Bonchev–Trinajstić information content (AvgIpc) is 2.60. The molecule has 0 bridgehead atoms. The van der Waals surface area contributed by atoms with Crippen molar-refractivity contribution < 1.29 is 14.1 Å². The molecule has 136 valence electrons. The summed E-state index contributed by atoms with van der Waals surface area (Å²) >= 11 is 1.31. The Balaban J connectivity index is 1.78. The summed E-state index contributed by atoms with van der Waals surface area (Å²) in [6.07, 6.45) is 1.57. The van der Waals surface area contributed by atoms with Crippen LogP contribution in [0.1, 0.15) is 24.5 Å².